The largest absolute Gasteiger partial charge is 0.493 e. The molecule has 6 nitrogen and oxygen atoms in total. The van der Waals surface area contributed by atoms with Crippen LogP contribution in [-0.4, -0.2) is 36.6 Å². The normalized spacial score (nSPS) is 11.2. The second-order valence-electron chi connectivity index (χ2n) is 5.23. The van der Waals surface area contributed by atoms with Crippen molar-refractivity contribution in [2.45, 2.75) is 13.0 Å². The lowest BCUT2D eigenvalue weighted by Crippen LogP contribution is -2.33. The molecule has 0 saturated carbocycles. The monoisotopic (exact) mass is 325 g/mol. The van der Waals surface area contributed by atoms with Crippen LogP contribution in [0.4, 0.5) is 0 Å². The number of ether oxygens (including phenoxy) is 2. The number of hydrogen-bond donors (Lipinski definition) is 0. The lowest BCUT2D eigenvalue weighted by Gasteiger charge is -2.25. The zero-order chi connectivity index (χ0) is 17.5. The minimum atomic E-state index is -0.169. The number of methoxy groups -OCH3 is 1. The van der Waals surface area contributed by atoms with Crippen molar-refractivity contribution < 1.29 is 14.3 Å². The van der Waals surface area contributed by atoms with Crippen molar-refractivity contribution in [3.8, 4) is 17.6 Å². The van der Waals surface area contributed by atoms with Gasteiger partial charge in [-0.25, -0.2) is 0 Å². The van der Waals surface area contributed by atoms with Crippen molar-refractivity contribution >= 4 is 5.91 Å². The van der Waals surface area contributed by atoms with E-state index in [9.17, 15) is 4.79 Å². The first-order valence-corrected chi connectivity index (χ1v) is 7.43. The average Bonchev–Trinajstić information content (AvgIpc) is 2.65. The molecule has 0 radical (unpaired) electrons. The highest BCUT2D eigenvalue weighted by molar-refractivity contribution is 5.78. The lowest BCUT2D eigenvalue weighted by atomic mass is 10.1. The summed E-state index contributed by atoms with van der Waals surface area (Å²) in [5.74, 6) is 0.676. The molecule has 1 amide bonds. The summed E-state index contributed by atoms with van der Waals surface area (Å²) in [6.07, 6.45) is 3.43. The lowest BCUT2D eigenvalue weighted by molar-refractivity contribution is -0.134. The Labute approximate surface area is 141 Å². The summed E-state index contributed by atoms with van der Waals surface area (Å²) in [6.45, 7) is 1.81. The zero-order valence-electron chi connectivity index (χ0n) is 13.9. The molecule has 1 aromatic carbocycles. The first-order valence-electron chi connectivity index (χ1n) is 7.43. The van der Waals surface area contributed by atoms with Gasteiger partial charge < -0.3 is 14.4 Å². The van der Waals surface area contributed by atoms with Crippen molar-refractivity contribution in [1.29, 1.82) is 5.26 Å². The molecular formula is C18H19N3O3. The van der Waals surface area contributed by atoms with Gasteiger partial charge in [0.25, 0.3) is 5.91 Å². The van der Waals surface area contributed by atoms with Gasteiger partial charge in [-0.05, 0) is 30.7 Å². The van der Waals surface area contributed by atoms with Crippen LogP contribution in [-0.2, 0) is 4.79 Å². The Kier molecular flexibility index (Phi) is 5.74. The number of nitrogens with zero attached hydrogens (tertiary/aromatic N) is 3. The van der Waals surface area contributed by atoms with Gasteiger partial charge in [-0.1, -0.05) is 6.07 Å². The Balaban J connectivity index is 2.01. The van der Waals surface area contributed by atoms with Crippen molar-refractivity contribution in [1.82, 2.24) is 9.88 Å². The Bertz CT molecular complexity index is 741. The van der Waals surface area contributed by atoms with Crippen LogP contribution in [0, 0.1) is 11.3 Å². The molecule has 6 heteroatoms. The number of pyridine rings is 1. The first-order chi connectivity index (χ1) is 11.6. The second kappa shape index (κ2) is 7.97. The summed E-state index contributed by atoms with van der Waals surface area (Å²) in [7, 11) is 3.21. The smallest absolute Gasteiger partial charge is 0.260 e. The van der Waals surface area contributed by atoms with Crippen LogP contribution in [0.3, 0.4) is 0 Å². The molecule has 2 aromatic rings. The maximum atomic E-state index is 12.3. The van der Waals surface area contributed by atoms with E-state index in [1.807, 2.05) is 25.1 Å². The number of rotatable bonds is 6. The fraction of sp³-hybridized carbons (Fsp3) is 0.278. The molecule has 0 aliphatic heterocycles. The third-order valence-electron chi connectivity index (χ3n) is 3.79. The van der Waals surface area contributed by atoms with Crippen LogP contribution in [0.1, 0.15) is 24.1 Å². The number of nitriles is 1. The minimum absolute atomic E-state index is 0.113. The van der Waals surface area contributed by atoms with Crippen molar-refractivity contribution in [2.75, 3.05) is 20.8 Å². The summed E-state index contributed by atoms with van der Waals surface area (Å²) in [5.41, 5.74) is 1.41. The van der Waals surface area contributed by atoms with E-state index >= 15 is 0 Å². The molecule has 0 aliphatic carbocycles. The highest BCUT2D eigenvalue weighted by Gasteiger charge is 2.18. The summed E-state index contributed by atoms with van der Waals surface area (Å²) < 4.78 is 10.7. The number of likely N-dealkylation sites (N-methyl/N-ethyl adjacent to an activating group) is 1. The van der Waals surface area contributed by atoms with Gasteiger partial charge in [0.1, 0.15) is 0 Å². The van der Waals surface area contributed by atoms with E-state index in [1.165, 1.54) is 7.11 Å². The number of carbonyl (C=O) groups excluding carboxylic acids is 1. The topological polar surface area (TPSA) is 75.5 Å². The molecule has 0 fully saturated rings. The molecule has 2 rings (SSSR count). The van der Waals surface area contributed by atoms with Gasteiger partial charge in [-0.15, -0.1) is 0 Å². The predicted molar refractivity (Wildman–Crippen MR) is 88.6 cm³/mol. The van der Waals surface area contributed by atoms with Gasteiger partial charge in [-0.3, -0.25) is 9.78 Å². The summed E-state index contributed by atoms with van der Waals surface area (Å²) in [5, 5.41) is 8.90. The molecule has 0 saturated heterocycles. The van der Waals surface area contributed by atoms with E-state index in [0.29, 0.717) is 17.1 Å². The van der Waals surface area contributed by atoms with Crippen LogP contribution >= 0.6 is 0 Å². The molecule has 24 heavy (non-hydrogen) atoms. The Hall–Kier alpha value is -3.07. The summed E-state index contributed by atoms with van der Waals surface area (Å²) in [4.78, 5) is 18.0. The molecule has 1 unspecified atom stereocenters. The average molecular weight is 325 g/mol. The van der Waals surface area contributed by atoms with E-state index in [-0.39, 0.29) is 18.6 Å². The quantitative estimate of drug-likeness (QED) is 0.816. The summed E-state index contributed by atoms with van der Waals surface area (Å²) in [6, 6.07) is 10.5. The summed E-state index contributed by atoms with van der Waals surface area (Å²) >= 11 is 0. The Morgan fingerprint density at radius 2 is 2.17 bits per heavy atom. The van der Waals surface area contributed by atoms with Crippen molar-refractivity contribution in [3.05, 3.63) is 53.9 Å². The number of hydrogen-bond acceptors (Lipinski definition) is 5. The second-order valence-corrected chi connectivity index (χ2v) is 5.23. The van der Waals surface area contributed by atoms with Crippen LogP contribution in [0.15, 0.2) is 42.7 Å². The Morgan fingerprint density at radius 3 is 2.79 bits per heavy atom. The van der Waals surface area contributed by atoms with Crippen molar-refractivity contribution in [2.24, 2.45) is 0 Å². The molecule has 1 atom stereocenters. The number of carbonyl (C=O) groups is 1. The van der Waals surface area contributed by atoms with Crippen LogP contribution in [0.2, 0.25) is 0 Å². The first kappa shape index (κ1) is 17.3. The highest BCUT2D eigenvalue weighted by atomic mass is 16.5. The molecular weight excluding hydrogens is 306 g/mol. The van der Waals surface area contributed by atoms with Gasteiger partial charge >= 0.3 is 0 Å². The van der Waals surface area contributed by atoms with E-state index in [4.69, 9.17) is 14.7 Å². The predicted octanol–water partition coefficient (Wildman–Crippen LogP) is 2.56. The Morgan fingerprint density at radius 1 is 1.38 bits per heavy atom. The molecule has 1 heterocycles. The van der Waals surface area contributed by atoms with E-state index < -0.39 is 0 Å². The maximum Gasteiger partial charge on any atom is 0.260 e. The zero-order valence-corrected chi connectivity index (χ0v) is 13.9. The molecule has 1 aromatic heterocycles. The van der Waals surface area contributed by atoms with Crippen LogP contribution in [0.25, 0.3) is 0 Å². The minimum Gasteiger partial charge on any atom is -0.493 e. The van der Waals surface area contributed by atoms with Gasteiger partial charge in [0.2, 0.25) is 0 Å². The number of benzene rings is 1. The molecule has 124 valence electrons. The molecule has 0 bridgehead atoms. The maximum absolute atomic E-state index is 12.3. The van der Waals surface area contributed by atoms with E-state index in [1.54, 1.807) is 42.5 Å². The third-order valence-corrected chi connectivity index (χ3v) is 3.79. The van der Waals surface area contributed by atoms with Crippen molar-refractivity contribution in [3.63, 3.8) is 0 Å². The van der Waals surface area contributed by atoms with Gasteiger partial charge in [0.05, 0.1) is 24.8 Å². The highest BCUT2D eigenvalue weighted by Crippen LogP contribution is 2.28. The van der Waals surface area contributed by atoms with E-state index in [2.05, 4.69) is 4.98 Å². The SMILES string of the molecule is COc1cc(C#N)ccc1OCC(=O)N(C)C(C)c1cccnc1. The fourth-order valence-corrected chi connectivity index (χ4v) is 2.16. The van der Waals surface area contributed by atoms with Gasteiger partial charge in [0, 0.05) is 25.5 Å². The van der Waals surface area contributed by atoms with E-state index in [0.717, 1.165) is 5.56 Å². The van der Waals surface area contributed by atoms with Gasteiger partial charge in [-0.2, -0.15) is 5.26 Å². The number of amides is 1. The molecule has 0 aliphatic rings. The fourth-order valence-electron chi connectivity index (χ4n) is 2.16. The molecule has 0 spiro atoms. The number of aromatic nitrogens is 1. The van der Waals surface area contributed by atoms with Gasteiger partial charge in [0.15, 0.2) is 18.1 Å². The van der Waals surface area contributed by atoms with Crippen LogP contribution < -0.4 is 9.47 Å². The third kappa shape index (κ3) is 4.02. The standard InChI is InChI=1S/C18H19N3O3/c1-13(15-5-4-8-20-11-15)21(2)18(22)12-24-16-7-6-14(10-19)9-17(16)23-3/h4-9,11,13H,12H2,1-3H3. The van der Waals surface area contributed by atoms with Crippen LogP contribution in [0.5, 0.6) is 11.5 Å². The molecule has 0 N–H and O–H groups in total.